The van der Waals surface area contributed by atoms with E-state index >= 15 is 0 Å². The molecule has 0 saturated carbocycles. The number of rotatable bonds is 0. The molecular formula is H4I3Li. The van der Waals surface area contributed by atoms with E-state index in [9.17, 15) is 0 Å². The Balaban J connectivity index is 0. The normalized spacial score (nSPS) is 0. The Kier molecular flexibility index (Phi) is 125. The molecule has 0 amide bonds. The van der Waals surface area contributed by atoms with Crippen LogP contribution in [-0.2, 0) is 0 Å². The molecule has 0 aromatic heterocycles. The van der Waals surface area contributed by atoms with Gasteiger partial charge in [0.05, 0.1) is 0 Å². The van der Waals surface area contributed by atoms with E-state index in [-0.39, 0.29) is 90.8 Å². The quantitative estimate of drug-likeness (QED) is 0.430. The zero-order valence-electron chi connectivity index (χ0n) is 1.22. The van der Waals surface area contributed by atoms with Crippen LogP contribution in [0.2, 0.25) is 0 Å². The topological polar surface area (TPSA) is 0 Å². The van der Waals surface area contributed by atoms with Crippen LogP contribution in [-0.4, -0.2) is 18.9 Å². The van der Waals surface area contributed by atoms with Crippen molar-refractivity contribution >= 4 is 90.8 Å². The van der Waals surface area contributed by atoms with Crippen LogP contribution in [0, 0.1) is 0 Å². The Morgan fingerprint density at radius 3 is 0.500 bits per heavy atom. The zero-order valence-corrected chi connectivity index (χ0v) is 8.22. The third-order valence-corrected chi connectivity index (χ3v) is 0. The van der Waals surface area contributed by atoms with Gasteiger partial charge in [-0.1, -0.05) is 0 Å². The van der Waals surface area contributed by atoms with E-state index in [2.05, 4.69) is 0 Å². The summed E-state index contributed by atoms with van der Waals surface area (Å²) in [6.45, 7) is 0. The van der Waals surface area contributed by atoms with Crippen molar-refractivity contribution < 1.29 is 0 Å². The summed E-state index contributed by atoms with van der Waals surface area (Å²) >= 11 is 0. The average Bonchev–Trinajstić information content (AvgIpc) is 0. The molecule has 0 aliphatic carbocycles. The molecule has 0 unspecified atom stereocenters. The molecule has 4 heavy (non-hydrogen) atoms. The first kappa shape index (κ1) is 29.3. The fourth-order valence-electron chi connectivity index (χ4n) is 0. The molecule has 0 saturated heterocycles. The van der Waals surface area contributed by atoms with E-state index in [0.717, 1.165) is 0 Å². The van der Waals surface area contributed by atoms with Gasteiger partial charge in [0.2, 0.25) is 0 Å². The van der Waals surface area contributed by atoms with E-state index in [1.165, 1.54) is 0 Å². The molecule has 0 atom stereocenters. The molecule has 0 nitrogen and oxygen atoms in total. The van der Waals surface area contributed by atoms with Crippen molar-refractivity contribution in [2.24, 2.45) is 0 Å². The van der Waals surface area contributed by atoms with Crippen LogP contribution in [0.25, 0.3) is 0 Å². The van der Waals surface area contributed by atoms with Crippen molar-refractivity contribution in [2.45, 2.75) is 0 Å². The summed E-state index contributed by atoms with van der Waals surface area (Å²) in [5.41, 5.74) is 0. The predicted molar refractivity (Wildman–Crippen MR) is 53.4 cm³/mol. The SMILES string of the molecule is I.I.I.[LiH]. The van der Waals surface area contributed by atoms with Gasteiger partial charge in [-0.05, 0) is 0 Å². The minimum absolute atomic E-state index is 0. The van der Waals surface area contributed by atoms with Gasteiger partial charge in [-0.25, -0.2) is 0 Å². The summed E-state index contributed by atoms with van der Waals surface area (Å²) in [4.78, 5) is 0. The van der Waals surface area contributed by atoms with Crippen LogP contribution < -0.4 is 0 Å². The van der Waals surface area contributed by atoms with E-state index in [1.54, 1.807) is 0 Å². The maximum atomic E-state index is 0. The van der Waals surface area contributed by atoms with Gasteiger partial charge < -0.3 is 0 Å². The number of hydrogen-bond donors (Lipinski definition) is 0. The molecule has 0 N–H and O–H groups in total. The van der Waals surface area contributed by atoms with E-state index in [4.69, 9.17) is 0 Å². The van der Waals surface area contributed by atoms with Gasteiger partial charge in [0.1, 0.15) is 0 Å². The van der Waals surface area contributed by atoms with Crippen LogP contribution in [0.15, 0.2) is 0 Å². The standard InChI is InChI=1S/3HI.Li.H/h3*1H;;. The Labute approximate surface area is 89.1 Å². The van der Waals surface area contributed by atoms with Gasteiger partial charge in [-0.15, -0.1) is 71.9 Å². The van der Waals surface area contributed by atoms with Crippen molar-refractivity contribution in [1.29, 1.82) is 0 Å². The molecular weight excluding hydrogens is 388 g/mol. The van der Waals surface area contributed by atoms with Crippen LogP contribution >= 0.6 is 71.9 Å². The molecule has 0 fully saturated rings. The second-order valence-electron chi connectivity index (χ2n) is 0. The van der Waals surface area contributed by atoms with Gasteiger partial charge in [0.15, 0.2) is 0 Å². The van der Waals surface area contributed by atoms with E-state index < -0.39 is 0 Å². The summed E-state index contributed by atoms with van der Waals surface area (Å²) < 4.78 is 0. The Bertz CT molecular complexity index is 3.25. The first-order valence-electron chi connectivity index (χ1n) is 0. The fraction of sp³-hybridized carbons (Fsp3) is 0. The molecule has 0 aromatic carbocycles. The van der Waals surface area contributed by atoms with Crippen molar-refractivity contribution in [2.75, 3.05) is 0 Å². The Morgan fingerprint density at radius 2 is 0.500 bits per heavy atom. The maximum absolute atomic E-state index is 0. The molecule has 0 aliphatic heterocycles. The second kappa shape index (κ2) is 17.1. The summed E-state index contributed by atoms with van der Waals surface area (Å²) in [5, 5.41) is 0. The predicted octanol–water partition coefficient (Wildman–Crippen LogP) is 1.21. The van der Waals surface area contributed by atoms with Crippen molar-refractivity contribution in [3.63, 3.8) is 0 Å². The van der Waals surface area contributed by atoms with Gasteiger partial charge in [-0.2, -0.15) is 0 Å². The average molecular weight is 392 g/mol. The molecule has 0 bridgehead atoms. The molecule has 0 radical (unpaired) electrons. The van der Waals surface area contributed by atoms with Crippen molar-refractivity contribution in [3.05, 3.63) is 0 Å². The molecule has 0 heterocycles. The van der Waals surface area contributed by atoms with Crippen LogP contribution in [0.1, 0.15) is 0 Å². The third kappa shape index (κ3) is 8.84. The zero-order chi connectivity index (χ0) is 0. The first-order valence-corrected chi connectivity index (χ1v) is 0. The van der Waals surface area contributed by atoms with Crippen molar-refractivity contribution in [3.8, 4) is 0 Å². The first-order chi connectivity index (χ1) is 0. The third-order valence-electron chi connectivity index (χ3n) is 0. The minimum atomic E-state index is 0. The van der Waals surface area contributed by atoms with Crippen LogP contribution in [0.3, 0.4) is 0 Å². The number of halogens is 3. The van der Waals surface area contributed by atoms with E-state index in [1.807, 2.05) is 0 Å². The van der Waals surface area contributed by atoms with Crippen LogP contribution in [0.5, 0.6) is 0 Å². The van der Waals surface area contributed by atoms with Gasteiger partial charge >= 0.3 is 18.9 Å². The van der Waals surface area contributed by atoms with Gasteiger partial charge in [0.25, 0.3) is 0 Å². The summed E-state index contributed by atoms with van der Waals surface area (Å²) in [6, 6.07) is 0. The molecule has 26 valence electrons. The Hall–Kier alpha value is 2.79. The molecule has 4 heteroatoms. The van der Waals surface area contributed by atoms with Gasteiger partial charge in [0, 0.05) is 0 Å². The van der Waals surface area contributed by atoms with Gasteiger partial charge in [-0.3, -0.25) is 0 Å². The second-order valence-corrected chi connectivity index (χ2v) is 0. The molecule has 0 aromatic rings. The molecule has 0 aliphatic rings. The Morgan fingerprint density at radius 1 is 0.500 bits per heavy atom. The summed E-state index contributed by atoms with van der Waals surface area (Å²) in [5.74, 6) is 0. The molecule has 0 rings (SSSR count). The van der Waals surface area contributed by atoms with Crippen LogP contribution in [0.4, 0.5) is 0 Å². The summed E-state index contributed by atoms with van der Waals surface area (Å²) in [7, 11) is 0. The van der Waals surface area contributed by atoms with Crippen molar-refractivity contribution in [1.82, 2.24) is 0 Å². The number of hydrogen-bond acceptors (Lipinski definition) is 0. The molecule has 0 spiro atoms. The monoisotopic (exact) mass is 392 g/mol. The summed E-state index contributed by atoms with van der Waals surface area (Å²) in [6.07, 6.45) is 0. The fourth-order valence-corrected chi connectivity index (χ4v) is 0. The van der Waals surface area contributed by atoms with E-state index in [0.29, 0.717) is 0 Å².